The fourth-order valence-corrected chi connectivity index (χ4v) is 2.69. The molecule has 0 spiro atoms. The van der Waals surface area contributed by atoms with E-state index in [4.69, 9.17) is 5.11 Å². The van der Waals surface area contributed by atoms with Gasteiger partial charge in [0.2, 0.25) is 0 Å². The number of rotatable bonds is 7. The minimum absolute atomic E-state index is 0.167. The predicted molar refractivity (Wildman–Crippen MR) is 82.7 cm³/mol. The van der Waals surface area contributed by atoms with E-state index in [0.717, 1.165) is 11.1 Å². The van der Waals surface area contributed by atoms with Crippen molar-refractivity contribution in [2.45, 2.75) is 25.9 Å². The minimum Gasteiger partial charge on any atom is -0.481 e. The molecule has 21 heavy (non-hydrogen) atoms. The van der Waals surface area contributed by atoms with Crippen LogP contribution in [-0.4, -0.2) is 22.9 Å². The van der Waals surface area contributed by atoms with Crippen molar-refractivity contribution in [1.82, 2.24) is 5.32 Å². The smallest absolute Gasteiger partial charge is 0.305 e. The van der Waals surface area contributed by atoms with E-state index in [1.54, 1.807) is 12.1 Å². The molecule has 0 saturated carbocycles. The quantitative estimate of drug-likeness (QED) is 0.772. The molecule has 1 unspecified atom stereocenters. The summed E-state index contributed by atoms with van der Waals surface area (Å²) in [5, 5.41) is 13.8. The number of Topliss-reactive ketones (excluding diaryl/α,β-unsaturated/α-hetero) is 1. The lowest BCUT2D eigenvalue weighted by atomic mass is 10.1. The zero-order valence-electron chi connectivity index (χ0n) is 11.7. The van der Waals surface area contributed by atoms with E-state index in [0.29, 0.717) is 11.4 Å². The first-order chi connectivity index (χ1) is 10.1. The van der Waals surface area contributed by atoms with E-state index in [1.807, 2.05) is 36.6 Å². The normalized spacial score (nSPS) is 12.0. The minimum atomic E-state index is -0.985. The topological polar surface area (TPSA) is 66.4 Å². The van der Waals surface area contributed by atoms with E-state index in [9.17, 15) is 9.59 Å². The molecule has 0 amide bonds. The number of benzene rings is 1. The molecule has 1 heterocycles. The first-order valence-electron chi connectivity index (χ1n) is 6.64. The van der Waals surface area contributed by atoms with Crippen LogP contribution in [0.3, 0.4) is 0 Å². The molecule has 0 aliphatic rings. The average Bonchev–Trinajstić information content (AvgIpc) is 2.98. The Morgan fingerprint density at radius 3 is 2.52 bits per heavy atom. The third-order valence-electron chi connectivity index (χ3n) is 3.13. The van der Waals surface area contributed by atoms with Crippen LogP contribution < -0.4 is 5.32 Å². The highest BCUT2D eigenvalue weighted by Crippen LogP contribution is 2.14. The summed E-state index contributed by atoms with van der Waals surface area (Å²) < 4.78 is 0. The zero-order chi connectivity index (χ0) is 15.2. The van der Waals surface area contributed by atoms with Crippen molar-refractivity contribution >= 4 is 23.1 Å². The monoisotopic (exact) mass is 303 g/mol. The maximum atomic E-state index is 12.3. The van der Waals surface area contributed by atoms with Gasteiger partial charge in [-0.2, -0.15) is 0 Å². The summed E-state index contributed by atoms with van der Waals surface area (Å²) in [6, 6.07) is 10.7. The van der Waals surface area contributed by atoms with E-state index in [1.165, 1.54) is 11.3 Å². The van der Waals surface area contributed by atoms with Gasteiger partial charge < -0.3 is 10.4 Å². The standard InChI is InChI=1S/C16H17NO3S/c1-11-4-6-12(7-5-11)10-17-13(9-15(18)19)16(20)14-3-2-8-21-14/h2-8,13,17H,9-10H2,1H3,(H,18,19). The number of carboxylic acids is 1. The molecule has 0 fully saturated rings. The summed E-state index contributed by atoms with van der Waals surface area (Å²) in [4.78, 5) is 23.8. The number of hydrogen-bond acceptors (Lipinski definition) is 4. The molecule has 5 heteroatoms. The van der Waals surface area contributed by atoms with Crippen LogP contribution in [0.1, 0.15) is 27.2 Å². The molecule has 2 rings (SSSR count). The Morgan fingerprint density at radius 1 is 1.24 bits per heavy atom. The molecule has 2 N–H and O–H groups in total. The summed E-state index contributed by atoms with van der Waals surface area (Å²) in [5.41, 5.74) is 2.19. The Bertz CT molecular complexity index is 605. The Labute approximate surface area is 127 Å². The van der Waals surface area contributed by atoms with Crippen molar-refractivity contribution < 1.29 is 14.7 Å². The van der Waals surface area contributed by atoms with Crippen molar-refractivity contribution in [2.75, 3.05) is 0 Å². The van der Waals surface area contributed by atoms with Gasteiger partial charge in [-0.1, -0.05) is 35.9 Å². The summed E-state index contributed by atoms with van der Waals surface area (Å²) in [6.45, 7) is 2.47. The number of carboxylic acid groups (broad SMARTS) is 1. The van der Waals surface area contributed by atoms with Gasteiger partial charge in [0.15, 0.2) is 5.78 Å². The lowest BCUT2D eigenvalue weighted by Crippen LogP contribution is -2.38. The Morgan fingerprint density at radius 2 is 1.95 bits per heavy atom. The number of thiophene rings is 1. The summed E-state index contributed by atoms with van der Waals surface area (Å²) in [6.07, 6.45) is -0.220. The Hall–Kier alpha value is -1.98. The van der Waals surface area contributed by atoms with E-state index < -0.39 is 12.0 Å². The molecule has 0 saturated heterocycles. The maximum Gasteiger partial charge on any atom is 0.305 e. The van der Waals surface area contributed by atoms with Gasteiger partial charge in [-0.3, -0.25) is 9.59 Å². The van der Waals surface area contributed by atoms with Gasteiger partial charge >= 0.3 is 5.97 Å². The lowest BCUT2D eigenvalue weighted by molar-refractivity contribution is -0.137. The van der Waals surface area contributed by atoms with E-state index >= 15 is 0 Å². The third-order valence-corrected chi connectivity index (χ3v) is 4.02. The number of aryl methyl sites for hydroxylation is 1. The van der Waals surface area contributed by atoms with Gasteiger partial charge in [-0.05, 0) is 23.9 Å². The van der Waals surface area contributed by atoms with E-state index in [2.05, 4.69) is 5.32 Å². The van der Waals surface area contributed by atoms with Crippen LogP contribution in [0.2, 0.25) is 0 Å². The molecule has 1 aromatic heterocycles. The SMILES string of the molecule is Cc1ccc(CNC(CC(=O)O)C(=O)c2cccs2)cc1. The number of ketones is 1. The molecule has 0 aliphatic carbocycles. The van der Waals surface area contributed by atoms with Crippen molar-refractivity contribution in [3.8, 4) is 0 Å². The fraction of sp³-hybridized carbons (Fsp3) is 0.250. The van der Waals surface area contributed by atoms with Crippen LogP contribution in [0.25, 0.3) is 0 Å². The van der Waals surface area contributed by atoms with Crippen LogP contribution >= 0.6 is 11.3 Å². The highest BCUT2D eigenvalue weighted by molar-refractivity contribution is 7.12. The number of aliphatic carboxylic acids is 1. The molecule has 4 nitrogen and oxygen atoms in total. The molecule has 0 aliphatic heterocycles. The molecule has 1 aromatic carbocycles. The first kappa shape index (κ1) is 15.4. The number of nitrogens with one attached hydrogen (secondary N) is 1. The summed E-state index contributed by atoms with van der Waals surface area (Å²) >= 11 is 1.33. The van der Waals surface area contributed by atoms with Gasteiger partial charge in [0.05, 0.1) is 17.3 Å². The molecule has 2 aromatic rings. The van der Waals surface area contributed by atoms with Crippen molar-refractivity contribution in [1.29, 1.82) is 0 Å². The zero-order valence-corrected chi connectivity index (χ0v) is 12.5. The van der Waals surface area contributed by atoms with Crippen LogP contribution in [0, 0.1) is 6.92 Å². The molecular formula is C16H17NO3S. The lowest BCUT2D eigenvalue weighted by Gasteiger charge is -2.15. The highest BCUT2D eigenvalue weighted by atomic mass is 32.1. The van der Waals surface area contributed by atoms with Crippen LogP contribution in [0.5, 0.6) is 0 Å². The number of hydrogen-bond donors (Lipinski definition) is 2. The molecule has 0 bridgehead atoms. The largest absolute Gasteiger partial charge is 0.481 e. The van der Waals surface area contributed by atoms with Crippen LogP contribution in [-0.2, 0) is 11.3 Å². The van der Waals surface area contributed by atoms with Gasteiger partial charge in [-0.25, -0.2) is 0 Å². The summed E-state index contributed by atoms with van der Waals surface area (Å²) in [5.74, 6) is -1.15. The van der Waals surface area contributed by atoms with Crippen molar-refractivity contribution in [2.24, 2.45) is 0 Å². The second kappa shape index (κ2) is 7.15. The second-order valence-corrected chi connectivity index (χ2v) is 5.81. The molecular weight excluding hydrogens is 286 g/mol. The molecule has 1 atom stereocenters. The van der Waals surface area contributed by atoms with Crippen molar-refractivity contribution in [3.05, 3.63) is 57.8 Å². The van der Waals surface area contributed by atoms with Gasteiger partial charge in [0.1, 0.15) is 0 Å². The van der Waals surface area contributed by atoms with Crippen LogP contribution in [0.4, 0.5) is 0 Å². The number of carbonyl (C=O) groups excluding carboxylic acids is 1. The van der Waals surface area contributed by atoms with Gasteiger partial charge in [0, 0.05) is 6.54 Å². The predicted octanol–water partition coefficient (Wildman–Crippen LogP) is 2.87. The van der Waals surface area contributed by atoms with Gasteiger partial charge in [0.25, 0.3) is 0 Å². The Balaban J connectivity index is 2.04. The average molecular weight is 303 g/mol. The first-order valence-corrected chi connectivity index (χ1v) is 7.52. The molecule has 110 valence electrons. The summed E-state index contributed by atoms with van der Waals surface area (Å²) in [7, 11) is 0. The second-order valence-electron chi connectivity index (χ2n) is 4.86. The van der Waals surface area contributed by atoms with Crippen LogP contribution in [0.15, 0.2) is 41.8 Å². The fourth-order valence-electron chi connectivity index (χ4n) is 1.97. The Kier molecular flexibility index (Phi) is 5.25. The van der Waals surface area contributed by atoms with Gasteiger partial charge in [-0.15, -0.1) is 11.3 Å². The van der Waals surface area contributed by atoms with E-state index in [-0.39, 0.29) is 12.2 Å². The van der Waals surface area contributed by atoms with Crippen molar-refractivity contribution in [3.63, 3.8) is 0 Å². The number of carbonyl (C=O) groups is 2. The maximum absolute atomic E-state index is 12.3. The third kappa shape index (κ3) is 4.51. The molecule has 0 radical (unpaired) electrons. The highest BCUT2D eigenvalue weighted by Gasteiger charge is 2.23.